The number of alkyl halides is 3. The quantitative estimate of drug-likeness (QED) is 0.464. The summed E-state index contributed by atoms with van der Waals surface area (Å²) in [6.07, 6.45) is -0.272. The highest BCUT2D eigenvalue weighted by molar-refractivity contribution is 5.93. The molecule has 188 valence electrons. The third-order valence-corrected chi connectivity index (χ3v) is 5.57. The normalized spacial score (nSPS) is 22.4. The van der Waals surface area contributed by atoms with Crippen molar-refractivity contribution >= 4 is 11.8 Å². The topological polar surface area (TPSA) is 101 Å². The van der Waals surface area contributed by atoms with Gasteiger partial charge < -0.3 is 35.1 Å². The van der Waals surface area contributed by atoms with Gasteiger partial charge in [-0.2, -0.15) is 0 Å². The number of ether oxygens (including phenoxy) is 3. The monoisotopic (exact) mass is 486 g/mol. The maximum Gasteiger partial charge on any atom is 0.573 e. The van der Waals surface area contributed by atoms with Crippen molar-refractivity contribution in [1.29, 1.82) is 0 Å². The predicted octanol–water partition coefficient (Wildman–Crippen LogP) is 1.86. The van der Waals surface area contributed by atoms with Crippen molar-refractivity contribution in [2.75, 3.05) is 33.3 Å². The molecule has 2 amide bonds. The number of carbonyl (C=O) groups excluding carboxylic acids is 2. The molecule has 12 heteroatoms. The van der Waals surface area contributed by atoms with Crippen LogP contribution in [0.1, 0.15) is 26.2 Å². The van der Waals surface area contributed by atoms with Crippen molar-refractivity contribution in [2.45, 2.75) is 44.3 Å². The summed E-state index contributed by atoms with van der Waals surface area (Å²) in [6.45, 7) is 3.01. The zero-order valence-corrected chi connectivity index (χ0v) is 19.0. The van der Waals surface area contributed by atoms with Gasteiger partial charge in [0.2, 0.25) is 0 Å². The molecule has 0 saturated carbocycles. The van der Waals surface area contributed by atoms with E-state index in [1.807, 2.05) is 0 Å². The van der Waals surface area contributed by atoms with Gasteiger partial charge in [0, 0.05) is 12.6 Å². The molecule has 34 heavy (non-hydrogen) atoms. The molecule has 0 bridgehead atoms. The SMILES string of the molecule is CN1CCCC1CCNC(=O)C1=COC(C)(CNC(=O)COc2ccc(OC(F)(F)F)cc2)N1. The third kappa shape index (κ3) is 7.72. The van der Waals surface area contributed by atoms with Gasteiger partial charge in [0.05, 0.1) is 6.54 Å². The Bertz CT molecular complexity index is 894. The summed E-state index contributed by atoms with van der Waals surface area (Å²) in [6, 6.07) is 5.18. The molecular weight excluding hydrogens is 457 g/mol. The van der Waals surface area contributed by atoms with E-state index in [0.29, 0.717) is 12.6 Å². The van der Waals surface area contributed by atoms with Gasteiger partial charge in [0.15, 0.2) is 12.3 Å². The standard InChI is InChI=1S/C22H29F3N4O5/c1-21(28-18(12-33-21)20(31)26-10-9-15-4-3-11-29(15)2)14-27-19(30)13-32-16-5-7-17(8-6-16)34-22(23,24)25/h5-8,12,15,28H,3-4,9-11,13-14H2,1-2H3,(H,26,31)(H,27,30). The maximum atomic E-state index is 12.4. The van der Waals surface area contributed by atoms with Crippen molar-refractivity contribution in [3.05, 3.63) is 36.2 Å². The molecule has 2 aliphatic rings. The number of nitrogens with one attached hydrogen (secondary N) is 3. The molecule has 3 rings (SSSR count). The van der Waals surface area contributed by atoms with Crippen LogP contribution >= 0.6 is 0 Å². The maximum absolute atomic E-state index is 12.4. The fraction of sp³-hybridized carbons (Fsp3) is 0.545. The minimum absolute atomic E-state index is 0.0493. The lowest BCUT2D eigenvalue weighted by molar-refractivity contribution is -0.274. The Morgan fingerprint density at radius 2 is 1.94 bits per heavy atom. The lowest BCUT2D eigenvalue weighted by Crippen LogP contribution is -2.51. The number of benzene rings is 1. The second-order valence-electron chi connectivity index (χ2n) is 8.41. The molecule has 0 aliphatic carbocycles. The van der Waals surface area contributed by atoms with Gasteiger partial charge in [0.25, 0.3) is 11.8 Å². The fourth-order valence-electron chi connectivity index (χ4n) is 3.73. The Balaban J connectivity index is 1.34. The molecule has 0 aromatic heterocycles. The Morgan fingerprint density at radius 1 is 1.24 bits per heavy atom. The molecule has 2 unspecified atom stereocenters. The van der Waals surface area contributed by atoms with E-state index in [9.17, 15) is 22.8 Å². The molecule has 1 fully saturated rings. The minimum atomic E-state index is -4.78. The van der Waals surface area contributed by atoms with E-state index in [2.05, 4.69) is 32.6 Å². The minimum Gasteiger partial charge on any atom is -0.484 e. The van der Waals surface area contributed by atoms with E-state index in [-0.39, 0.29) is 36.3 Å². The molecule has 0 spiro atoms. The van der Waals surface area contributed by atoms with Crippen LogP contribution in [0.15, 0.2) is 36.2 Å². The first-order valence-corrected chi connectivity index (χ1v) is 10.9. The van der Waals surface area contributed by atoms with Gasteiger partial charge in [-0.05, 0) is 64.0 Å². The molecule has 0 radical (unpaired) electrons. The zero-order chi connectivity index (χ0) is 24.8. The summed E-state index contributed by atoms with van der Waals surface area (Å²) in [5.74, 6) is -0.937. The van der Waals surface area contributed by atoms with Crippen LogP contribution < -0.4 is 25.4 Å². The van der Waals surface area contributed by atoms with Crippen LogP contribution in [0.3, 0.4) is 0 Å². The summed E-state index contributed by atoms with van der Waals surface area (Å²) in [4.78, 5) is 26.8. The number of carbonyl (C=O) groups is 2. The number of hydrogen-bond acceptors (Lipinski definition) is 7. The number of hydrogen-bond donors (Lipinski definition) is 3. The number of nitrogens with zero attached hydrogens (tertiary/aromatic N) is 1. The number of halogens is 3. The molecule has 2 heterocycles. The van der Waals surface area contributed by atoms with Crippen LogP contribution in [0.4, 0.5) is 13.2 Å². The highest BCUT2D eigenvalue weighted by Gasteiger charge is 2.34. The van der Waals surface area contributed by atoms with Crippen molar-refractivity contribution in [1.82, 2.24) is 20.9 Å². The van der Waals surface area contributed by atoms with Crippen molar-refractivity contribution in [3.63, 3.8) is 0 Å². The lowest BCUT2D eigenvalue weighted by atomic mass is 10.1. The summed E-state index contributed by atoms with van der Waals surface area (Å²) in [7, 11) is 2.09. The van der Waals surface area contributed by atoms with Gasteiger partial charge in [0.1, 0.15) is 23.5 Å². The second kappa shape index (κ2) is 10.9. The van der Waals surface area contributed by atoms with Gasteiger partial charge in [-0.1, -0.05) is 0 Å². The number of rotatable bonds is 10. The van der Waals surface area contributed by atoms with E-state index < -0.39 is 18.0 Å². The van der Waals surface area contributed by atoms with Crippen molar-refractivity contribution in [2.24, 2.45) is 0 Å². The second-order valence-corrected chi connectivity index (χ2v) is 8.41. The highest BCUT2D eigenvalue weighted by atomic mass is 19.4. The molecule has 1 saturated heterocycles. The van der Waals surface area contributed by atoms with Gasteiger partial charge in [-0.3, -0.25) is 9.59 Å². The largest absolute Gasteiger partial charge is 0.573 e. The molecular formula is C22H29F3N4O5. The molecule has 1 aromatic carbocycles. The van der Waals surface area contributed by atoms with Gasteiger partial charge >= 0.3 is 6.36 Å². The summed E-state index contributed by atoms with van der Waals surface area (Å²) in [5, 5.41) is 8.46. The van der Waals surface area contributed by atoms with E-state index in [4.69, 9.17) is 9.47 Å². The Hall–Kier alpha value is -3.15. The van der Waals surface area contributed by atoms with E-state index in [1.165, 1.54) is 24.8 Å². The summed E-state index contributed by atoms with van der Waals surface area (Å²) in [5.41, 5.74) is -0.737. The molecule has 1 aromatic rings. The summed E-state index contributed by atoms with van der Waals surface area (Å²) < 4.78 is 51.1. The van der Waals surface area contributed by atoms with E-state index in [0.717, 1.165) is 31.5 Å². The molecule has 2 aliphatic heterocycles. The van der Waals surface area contributed by atoms with E-state index in [1.54, 1.807) is 6.92 Å². The average Bonchev–Trinajstić information content (AvgIpc) is 3.37. The fourth-order valence-corrected chi connectivity index (χ4v) is 3.73. The van der Waals surface area contributed by atoms with Gasteiger partial charge in [-0.25, -0.2) is 0 Å². The molecule has 2 atom stereocenters. The summed E-state index contributed by atoms with van der Waals surface area (Å²) >= 11 is 0. The number of amides is 2. The predicted molar refractivity (Wildman–Crippen MR) is 116 cm³/mol. The molecule has 3 N–H and O–H groups in total. The molecule has 9 nitrogen and oxygen atoms in total. The van der Waals surface area contributed by atoms with Crippen molar-refractivity contribution in [3.8, 4) is 11.5 Å². The Kier molecular flexibility index (Phi) is 8.13. The average molecular weight is 486 g/mol. The zero-order valence-electron chi connectivity index (χ0n) is 19.0. The van der Waals surface area contributed by atoms with Crippen LogP contribution in [-0.2, 0) is 14.3 Å². The van der Waals surface area contributed by atoms with Crippen LogP contribution in [-0.4, -0.2) is 68.1 Å². The van der Waals surface area contributed by atoms with Crippen LogP contribution in [0.5, 0.6) is 11.5 Å². The van der Waals surface area contributed by atoms with Crippen molar-refractivity contribution < 1.29 is 37.0 Å². The first-order chi connectivity index (χ1) is 16.0. The van der Waals surface area contributed by atoms with Crippen LogP contribution in [0, 0.1) is 0 Å². The third-order valence-electron chi connectivity index (χ3n) is 5.57. The number of likely N-dealkylation sites (tertiary alicyclic amines) is 1. The van der Waals surface area contributed by atoms with Gasteiger partial charge in [-0.15, -0.1) is 13.2 Å². The van der Waals surface area contributed by atoms with Crippen LogP contribution in [0.2, 0.25) is 0 Å². The lowest BCUT2D eigenvalue weighted by Gasteiger charge is -2.25. The highest BCUT2D eigenvalue weighted by Crippen LogP contribution is 2.24. The first kappa shape index (κ1) is 25.5. The Morgan fingerprint density at radius 3 is 2.59 bits per heavy atom. The van der Waals surface area contributed by atoms with E-state index >= 15 is 0 Å². The Labute approximate surface area is 195 Å². The smallest absolute Gasteiger partial charge is 0.484 e. The first-order valence-electron chi connectivity index (χ1n) is 10.9. The van der Waals surface area contributed by atoms with Crippen LogP contribution in [0.25, 0.3) is 0 Å².